The van der Waals surface area contributed by atoms with E-state index in [1.165, 1.54) is 4.31 Å². The Bertz CT molecular complexity index is 985. The molecule has 1 N–H and O–H groups in total. The molecule has 1 aliphatic heterocycles. The Labute approximate surface area is 172 Å². The third-order valence-corrected chi connectivity index (χ3v) is 6.93. The van der Waals surface area contributed by atoms with Gasteiger partial charge in [-0.25, -0.2) is 8.42 Å². The van der Waals surface area contributed by atoms with Gasteiger partial charge in [0.1, 0.15) is 11.6 Å². The Balaban J connectivity index is 1.85. The SMILES string of the molecule is CC1CC(C(=O)OC(C)(C)C)NCCCN1S(=O)(=O)c1ccc2cnccc2c1. The molecule has 0 amide bonds. The number of carbonyl (C=O) groups excluding carboxylic acids is 1. The highest BCUT2D eigenvalue weighted by molar-refractivity contribution is 7.89. The van der Waals surface area contributed by atoms with Gasteiger partial charge in [-0.15, -0.1) is 0 Å². The van der Waals surface area contributed by atoms with Gasteiger partial charge in [-0.3, -0.25) is 9.78 Å². The molecule has 1 aromatic carbocycles. The monoisotopic (exact) mass is 419 g/mol. The van der Waals surface area contributed by atoms with Crippen molar-refractivity contribution in [2.75, 3.05) is 13.1 Å². The standard InChI is InChI=1S/C21H29N3O4S/c1-15-12-19(20(25)28-21(2,3)4)23-9-5-11-24(15)29(26,27)18-7-6-17-14-22-10-8-16(17)13-18/h6-8,10,13-15,19,23H,5,9,11-12H2,1-4H3. The Morgan fingerprint density at radius 1 is 1.24 bits per heavy atom. The zero-order valence-corrected chi connectivity index (χ0v) is 18.2. The lowest BCUT2D eigenvalue weighted by Gasteiger charge is -2.34. The number of ether oxygens (including phenoxy) is 1. The van der Waals surface area contributed by atoms with Crippen LogP contribution in [0.2, 0.25) is 0 Å². The molecule has 1 saturated heterocycles. The summed E-state index contributed by atoms with van der Waals surface area (Å²) in [6.45, 7) is 8.25. The minimum absolute atomic E-state index is 0.255. The van der Waals surface area contributed by atoms with Crippen molar-refractivity contribution in [3.8, 4) is 0 Å². The number of hydrogen-bond acceptors (Lipinski definition) is 6. The summed E-state index contributed by atoms with van der Waals surface area (Å²) in [6.07, 6.45) is 4.32. The summed E-state index contributed by atoms with van der Waals surface area (Å²) in [4.78, 5) is 16.9. The zero-order chi connectivity index (χ0) is 21.2. The van der Waals surface area contributed by atoms with E-state index in [1.807, 2.05) is 27.7 Å². The second-order valence-corrected chi connectivity index (χ2v) is 10.4. The second kappa shape index (κ2) is 8.38. The topological polar surface area (TPSA) is 88.6 Å². The number of sulfonamides is 1. The van der Waals surface area contributed by atoms with Gasteiger partial charge >= 0.3 is 5.97 Å². The van der Waals surface area contributed by atoms with Crippen molar-refractivity contribution < 1.29 is 17.9 Å². The Hall–Kier alpha value is -2.03. The predicted molar refractivity (Wildman–Crippen MR) is 112 cm³/mol. The average molecular weight is 420 g/mol. The van der Waals surface area contributed by atoms with Gasteiger partial charge in [0, 0.05) is 30.4 Å². The summed E-state index contributed by atoms with van der Waals surface area (Å²) < 4.78 is 33.8. The Morgan fingerprint density at radius 3 is 2.72 bits per heavy atom. The number of hydrogen-bond donors (Lipinski definition) is 1. The lowest BCUT2D eigenvalue weighted by Crippen LogP contribution is -2.50. The van der Waals surface area contributed by atoms with Crippen LogP contribution in [0.25, 0.3) is 10.8 Å². The van der Waals surface area contributed by atoms with Crippen molar-refractivity contribution in [2.45, 2.75) is 63.1 Å². The number of benzene rings is 1. The molecule has 0 bridgehead atoms. The normalized spacial score (nSPS) is 22.1. The molecule has 0 spiro atoms. The summed E-state index contributed by atoms with van der Waals surface area (Å²) >= 11 is 0. The molecule has 2 atom stereocenters. The minimum atomic E-state index is -3.69. The highest BCUT2D eigenvalue weighted by Crippen LogP contribution is 2.25. The molecule has 2 heterocycles. The van der Waals surface area contributed by atoms with Crippen LogP contribution in [0.4, 0.5) is 0 Å². The van der Waals surface area contributed by atoms with Gasteiger partial charge in [0.2, 0.25) is 10.0 Å². The summed E-state index contributed by atoms with van der Waals surface area (Å²) in [5, 5.41) is 4.93. The van der Waals surface area contributed by atoms with Crippen LogP contribution in [0.15, 0.2) is 41.6 Å². The summed E-state index contributed by atoms with van der Waals surface area (Å²) in [5.74, 6) is -0.346. The Morgan fingerprint density at radius 2 is 2.00 bits per heavy atom. The second-order valence-electron chi connectivity index (χ2n) is 8.48. The molecule has 0 saturated carbocycles. The lowest BCUT2D eigenvalue weighted by atomic mass is 10.1. The molecule has 0 radical (unpaired) electrons. The van der Waals surface area contributed by atoms with Gasteiger partial charge in [-0.1, -0.05) is 6.07 Å². The fourth-order valence-electron chi connectivity index (χ4n) is 3.54. The fourth-order valence-corrected chi connectivity index (χ4v) is 5.26. The molecule has 7 nitrogen and oxygen atoms in total. The van der Waals surface area contributed by atoms with E-state index in [9.17, 15) is 13.2 Å². The van der Waals surface area contributed by atoms with Gasteiger partial charge in [-0.2, -0.15) is 4.31 Å². The molecule has 1 fully saturated rings. The number of nitrogens with zero attached hydrogens (tertiary/aromatic N) is 2. The van der Waals surface area contributed by atoms with E-state index in [-0.39, 0.29) is 16.9 Å². The molecule has 1 aliphatic rings. The quantitative estimate of drug-likeness (QED) is 0.770. The van der Waals surface area contributed by atoms with Crippen LogP contribution < -0.4 is 5.32 Å². The Kier molecular flexibility index (Phi) is 6.26. The van der Waals surface area contributed by atoms with Gasteiger partial charge in [-0.05, 0) is 70.7 Å². The number of aromatic nitrogens is 1. The fraction of sp³-hybridized carbons (Fsp3) is 0.524. The van der Waals surface area contributed by atoms with Gasteiger partial charge in [0.15, 0.2) is 0 Å². The first-order valence-corrected chi connectivity index (χ1v) is 11.3. The summed E-state index contributed by atoms with van der Waals surface area (Å²) in [5.41, 5.74) is -0.587. The first kappa shape index (κ1) is 21.7. The number of esters is 1. The van der Waals surface area contributed by atoms with Gasteiger partial charge in [0.05, 0.1) is 4.90 Å². The highest BCUT2D eigenvalue weighted by Gasteiger charge is 2.35. The maximum atomic E-state index is 13.4. The van der Waals surface area contributed by atoms with Gasteiger partial charge in [0.25, 0.3) is 0 Å². The van der Waals surface area contributed by atoms with E-state index in [1.54, 1.807) is 36.7 Å². The smallest absolute Gasteiger partial charge is 0.323 e. The van der Waals surface area contributed by atoms with Gasteiger partial charge < -0.3 is 10.1 Å². The molecular weight excluding hydrogens is 390 g/mol. The van der Waals surface area contributed by atoms with E-state index in [0.717, 1.165) is 10.8 Å². The molecular formula is C21H29N3O4S. The van der Waals surface area contributed by atoms with Crippen molar-refractivity contribution in [2.24, 2.45) is 0 Å². The van der Waals surface area contributed by atoms with Crippen molar-refractivity contribution in [3.05, 3.63) is 36.7 Å². The van der Waals surface area contributed by atoms with E-state index >= 15 is 0 Å². The number of pyridine rings is 1. The molecule has 29 heavy (non-hydrogen) atoms. The molecule has 1 aromatic heterocycles. The van der Waals surface area contributed by atoms with Crippen molar-refractivity contribution >= 4 is 26.8 Å². The molecule has 0 aliphatic carbocycles. The van der Waals surface area contributed by atoms with Crippen LogP contribution in [-0.4, -0.2) is 54.5 Å². The van der Waals surface area contributed by atoms with E-state index in [4.69, 9.17) is 4.74 Å². The highest BCUT2D eigenvalue weighted by atomic mass is 32.2. The third-order valence-electron chi connectivity index (χ3n) is 4.92. The average Bonchev–Trinajstić information content (AvgIpc) is 2.62. The molecule has 2 aromatic rings. The van der Waals surface area contributed by atoms with Crippen LogP contribution in [0.5, 0.6) is 0 Å². The summed E-state index contributed by atoms with van der Waals surface area (Å²) in [6, 6.07) is 5.99. The first-order chi connectivity index (χ1) is 13.6. The van der Waals surface area contributed by atoms with Crippen molar-refractivity contribution in [1.82, 2.24) is 14.6 Å². The lowest BCUT2D eigenvalue weighted by molar-refractivity contribution is -0.158. The molecule has 158 valence electrons. The number of nitrogens with one attached hydrogen (secondary N) is 1. The van der Waals surface area contributed by atoms with Crippen LogP contribution in [0, 0.1) is 0 Å². The first-order valence-electron chi connectivity index (χ1n) is 9.90. The number of carbonyl (C=O) groups is 1. The zero-order valence-electron chi connectivity index (χ0n) is 17.4. The number of fused-ring (bicyclic) bond motifs is 1. The molecule has 3 rings (SSSR count). The third kappa shape index (κ3) is 5.12. The van der Waals surface area contributed by atoms with Crippen LogP contribution in [0.3, 0.4) is 0 Å². The van der Waals surface area contributed by atoms with Crippen LogP contribution in [-0.2, 0) is 19.6 Å². The summed E-state index contributed by atoms with van der Waals surface area (Å²) in [7, 11) is -3.69. The maximum Gasteiger partial charge on any atom is 0.323 e. The predicted octanol–water partition coefficient (Wildman–Crippen LogP) is 2.71. The minimum Gasteiger partial charge on any atom is -0.459 e. The molecule has 2 unspecified atom stereocenters. The largest absolute Gasteiger partial charge is 0.459 e. The van der Waals surface area contributed by atoms with Crippen molar-refractivity contribution in [1.29, 1.82) is 0 Å². The van der Waals surface area contributed by atoms with E-state index in [0.29, 0.717) is 25.9 Å². The maximum absolute atomic E-state index is 13.4. The molecule has 8 heteroatoms. The number of rotatable bonds is 3. The van der Waals surface area contributed by atoms with E-state index in [2.05, 4.69) is 10.3 Å². The van der Waals surface area contributed by atoms with E-state index < -0.39 is 21.7 Å². The van der Waals surface area contributed by atoms with Crippen LogP contribution >= 0.6 is 0 Å². The van der Waals surface area contributed by atoms with Crippen molar-refractivity contribution in [3.63, 3.8) is 0 Å². The van der Waals surface area contributed by atoms with Crippen LogP contribution in [0.1, 0.15) is 40.5 Å².